The van der Waals surface area contributed by atoms with E-state index in [2.05, 4.69) is 10.6 Å². The van der Waals surface area contributed by atoms with Gasteiger partial charge in [0.1, 0.15) is 29.2 Å². The van der Waals surface area contributed by atoms with E-state index in [1.807, 2.05) is 30.5 Å². The zero-order valence-corrected chi connectivity index (χ0v) is 23.0. The minimum Gasteiger partial charge on any atom is -0.394 e. The van der Waals surface area contributed by atoms with Crippen LogP contribution in [-0.2, 0) is 19.1 Å². The molecule has 10 atom stereocenters. The lowest BCUT2D eigenvalue weighted by Crippen LogP contribution is -2.66. The molecule has 7 N–H and O–H groups in total. The smallest absolute Gasteiger partial charge is 0.217 e. The van der Waals surface area contributed by atoms with Crippen LogP contribution in [0.15, 0.2) is 34.1 Å². The number of benzene rings is 1. The SMILES string of the molecule is CSc1ccc(S[C@@H]2O[C@H](CO)[C@@H](S[C@@H]3O[C@H](CO)[C@@H](O)[C@H](O)[C@H]3NC(C)=O)[C@H](O)[C@H]2NC(C)=O)cc1. The lowest BCUT2D eigenvalue weighted by molar-refractivity contribution is -0.174. The molecule has 3 rings (SSSR count). The number of thioether (sulfide) groups is 3. The predicted molar refractivity (Wildman–Crippen MR) is 140 cm³/mol. The van der Waals surface area contributed by atoms with Gasteiger partial charge in [0.25, 0.3) is 0 Å². The molecule has 0 aliphatic carbocycles. The summed E-state index contributed by atoms with van der Waals surface area (Å²) in [6.45, 7) is 1.52. The predicted octanol–water partition coefficient (Wildman–Crippen LogP) is -0.871. The molecule has 0 bridgehead atoms. The maximum Gasteiger partial charge on any atom is 0.217 e. The van der Waals surface area contributed by atoms with E-state index < -0.39 is 77.8 Å². The number of nitrogens with one attached hydrogen (secondary N) is 2. The van der Waals surface area contributed by atoms with Crippen LogP contribution in [0.4, 0.5) is 0 Å². The van der Waals surface area contributed by atoms with Gasteiger partial charge in [-0.1, -0.05) is 11.8 Å². The Bertz CT molecular complexity index is 912. The molecule has 2 saturated heterocycles. The molecular weight excluding hydrogens is 544 g/mol. The van der Waals surface area contributed by atoms with Crippen LogP contribution in [0.1, 0.15) is 13.8 Å². The minimum absolute atomic E-state index is 0.383. The molecule has 37 heavy (non-hydrogen) atoms. The number of aliphatic hydroxyl groups excluding tert-OH is 5. The summed E-state index contributed by atoms with van der Waals surface area (Å²) in [5.74, 6) is -0.863. The van der Waals surface area contributed by atoms with E-state index in [4.69, 9.17) is 9.47 Å². The number of hydrogen-bond donors (Lipinski definition) is 7. The van der Waals surface area contributed by atoms with Crippen molar-refractivity contribution in [2.24, 2.45) is 0 Å². The van der Waals surface area contributed by atoms with Gasteiger partial charge >= 0.3 is 0 Å². The maximum absolute atomic E-state index is 12.0. The normalized spacial score (nSPS) is 36.1. The van der Waals surface area contributed by atoms with E-state index >= 15 is 0 Å². The molecule has 0 aromatic heterocycles. The fourth-order valence-electron chi connectivity index (χ4n) is 4.25. The largest absolute Gasteiger partial charge is 0.394 e. The number of carbonyl (C=O) groups is 2. The van der Waals surface area contributed by atoms with Crippen molar-refractivity contribution in [2.45, 2.75) is 82.4 Å². The molecule has 14 heteroatoms. The molecule has 2 amide bonds. The number of carbonyl (C=O) groups excluding carboxylic acids is 2. The Labute approximate surface area is 228 Å². The molecule has 1 aromatic carbocycles. The highest BCUT2D eigenvalue weighted by Gasteiger charge is 2.51. The van der Waals surface area contributed by atoms with Crippen LogP contribution < -0.4 is 10.6 Å². The average molecular weight is 579 g/mol. The van der Waals surface area contributed by atoms with Crippen molar-refractivity contribution in [3.63, 3.8) is 0 Å². The summed E-state index contributed by atoms with van der Waals surface area (Å²) < 4.78 is 11.9. The van der Waals surface area contributed by atoms with Gasteiger partial charge in [0.15, 0.2) is 0 Å². The molecule has 11 nitrogen and oxygen atoms in total. The van der Waals surface area contributed by atoms with Gasteiger partial charge in [-0.3, -0.25) is 9.59 Å². The van der Waals surface area contributed by atoms with Crippen molar-refractivity contribution in [1.82, 2.24) is 10.6 Å². The van der Waals surface area contributed by atoms with Crippen LogP contribution in [0.3, 0.4) is 0 Å². The quantitative estimate of drug-likeness (QED) is 0.181. The lowest BCUT2D eigenvalue weighted by Gasteiger charge is -2.48. The second kappa shape index (κ2) is 13.8. The summed E-state index contributed by atoms with van der Waals surface area (Å²) in [4.78, 5) is 25.7. The third kappa shape index (κ3) is 7.53. The van der Waals surface area contributed by atoms with E-state index in [0.717, 1.165) is 21.6 Å². The summed E-state index contributed by atoms with van der Waals surface area (Å²) in [5.41, 5.74) is -1.75. The second-order valence-corrected chi connectivity index (χ2v) is 12.1. The first-order valence-corrected chi connectivity index (χ1v) is 14.7. The zero-order chi connectivity index (χ0) is 27.3. The summed E-state index contributed by atoms with van der Waals surface area (Å²) in [6, 6.07) is 5.76. The molecule has 1 aromatic rings. The highest BCUT2D eigenvalue weighted by Crippen LogP contribution is 2.41. The molecule has 0 spiro atoms. The molecule has 2 fully saturated rings. The summed E-state index contributed by atoms with van der Waals surface area (Å²) in [7, 11) is 0. The molecule has 0 radical (unpaired) electrons. The molecule has 208 valence electrons. The highest BCUT2D eigenvalue weighted by molar-refractivity contribution is 8.00. The maximum atomic E-state index is 12.0. The van der Waals surface area contributed by atoms with Crippen LogP contribution in [0, 0.1) is 0 Å². The molecule has 0 saturated carbocycles. The molecular formula is C23H34N2O9S3. The third-order valence-corrected chi connectivity index (χ3v) is 9.57. The van der Waals surface area contributed by atoms with Gasteiger partial charge in [-0.15, -0.1) is 23.5 Å². The first-order chi connectivity index (χ1) is 17.6. The average Bonchev–Trinajstić information content (AvgIpc) is 2.87. The van der Waals surface area contributed by atoms with E-state index in [1.165, 1.54) is 25.6 Å². The Morgan fingerprint density at radius 1 is 0.811 bits per heavy atom. The fourth-order valence-corrected chi connectivity index (χ4v) is 7.37. The Morgan fingerprint density at radius 2 is 1.32 bits per heavy atom. The lowest BCUT2D eigenvalue weighted by atomic mass is 9.98. The third-order valence-electron chi connectivity index (χ3n) is 6.08. The topological polar surface area (TPSA) is 178 Å². The number of hydrogen-bond acceptors (Lipinski definition) is 12. The standard InChI is InChI=1S/C23H34N2O9S3/c1-10(28)24-16-19(31)18(30)14(8-26)33-23(16)37-21-15(9-27)34-22(17(20(21)32)25-11(2)29)36-13-6-4-12(35-3)5-7-13/h4-7,14-23,26-27,30-32H,8-9H2,1-3H3,(H,24,28)(H,25,29)/t14-,15-,16-,17-,18-,19-,20-,21-,22+,23+/m1/s1. The second-order valence-electron chi connectivity index (χ2n) is 8.77. The zero-order valence-electron chi connectivity index (χ0n) is 20.6. The highest BCUT2D eigenvalue weighted by atomic mass is 32.2. The molecule has 0 unspecified atom stereocenters. The van der Waals surface area contributed by atoms with Gasteiger partial charge in [-0.25, -0.2) is 0 Å². The van der Waals surface area contributed by atoms with Crippen LogP contribution in [0.5, 0.6) is 0 Å². The van der Waals surface area contributed by atoms with Gasteiger partial charge in [0.2, 0.25) is 11.8 Å². The van der Waals surface area contributed by atoms with Crippen LogP contribution >= 0.6 is 35.3 Å². The molecule has 2 heterocycles. The Balaban J connectivity index is 1.85. The van der Waals surface area contributed by atoms with E-state index in [0.29, 0.717) is 0 Å². The number of rotatable bonds is 9. The molecule has 2 aliphatic heterocycles. The van der Waals surface area contributed by atoms with E-state index in [1.54, 1.807) is 11.8 Å². The van der Waals surface area contributed by atoms with Crippen molar-refractivity contribution < 1.29 is 44.6 Å². The van der Waals surface area contributed by atoms with Crippen molar-refractivity contribution in [3.05, 3.63) is 24.3 Å². The first-order valence-electron chi connectivity index (χ1n) is 11.7. The fraction of sp³-hybridized carbons (Fsp3) is 0.652. The number of aliphatic hydroxyl groups is 5. The van der Waals surface area contributed by atoms with Crippen molar-refractivity contribution in [3.8, 4) is 0 Å². The number of ether oxygens (including phenoxy) is 2. The van der Waals surface area contributed by atoms with E-state index in [9.17, 15) is 35.1 Å². The monoisotopic (exact) mass is 578 g/mol. The van der Waals surface area contributed by atoms with Crippen molar-refractivity contribution >= 4 is 47.1 Å². The van der Waals surface area contributed by atoms with Gasteiger partial charge < -0.3 is 45.6 Å². The summed E-state index contributed by atoms with van der Waals surface area (Å²) in [5, 5.41) is 56.5. The first kappa shape index (κ1) is 30.5. The molecule has 2 aliphatic rings. The Kier molecular flexibility index (Phi) is 11.4. The minimum atomic E-state index is -1.46. The van der Waals surface area contributed by atoms with Crippen LogP contribution in [0.25, 0.3) is 0 Å². The Morgan fingerprint density at radius 3 is 1.84 bits per heavy atom. The van der Waals surface area contributed by atoms with Gasteiger partial charge in [0.05, 0.1) is 42.8 Å². The Hall–Kier alpha value is -1.07. The van der Waals surface area contributed by atoms with Gasteiger partial charge in [0, 0.05) is 23.6 Å². The summed E-state index contributed by atoms with van der Waals surface area (Å²) in [6.07, 6.45) is -4.20. The van der Waals surface area contributed by atoms with Gasteiger partial charge in [-0.05, 0) is 30.5 Å². The van der Waals surface area contributed by atoms with Crippen molar-refractivity contribution in [1.29, 1.82) is 0 Å². The number of amides is 2. The van der Waals surface area contributed by atoms with E-state index in [-0.39, 0.29) is 5.91 Å². The van der Waals surface area contributed by atoms with Gasteiger partial charge in [-0.2, -0.15) is 0 Å². The van der Waals surface area contributed by atoms with Crippen LogP contribution in [0.2, 0.25) is 0 Å². The summed E-state index contributed by atoms with van der Waals surface area (Å²) >= 11 is 3.88. The van der Waals surface area contributed by atoms with Crippen molar-refractivity contribution in [2.75, 3.05) is 19.5 Å². The van der Waals surface area contributed by atoms with Crippen LogP contribution in [-0.4, -0.2) is 116 Å².